The largest absolute Gasteiger partial charge is 0.468 e. The van der Waals surface area contributed by atoms with Gasteiger partial charge < -0.3 is 19.6 Å². The highest BCUT2D eigenvalue weighted by atomic mass is 16.6. The van der Waals surface area contributed by atoms with Crippen LogP contribution in [0.1, 0.15) is 12.2 Å². The van der Waals surface area contributed by atoms with Crippen molar-refractivity contribution in [3.63, 3.8) is 0 Å². The number of hydrogen-bond acceptors (Lipinski definition) is 4. The molecule has 0 radical (unpaired) electrons. The van der Waals surface area contributed by atoms with Gasteiger partial charge in [0.25, 0.3) is 0 Å². The average Bonchev–Trinajstić information content (AvgIpc) is 2.64. The zero-order valence-electron chi connectivity index (χ0n) is 7.69. The topological polar surface area (TPSA) is 54.6 Å². The van der Waals surface area contributed by atoms with Crippen LogP contribution in [0, 0.1) is 0 Å². The molecule has 0 bridgehead atoms. The molecule has 1 unspecified atom stereocenters. The Morgan fingerprint density at radius 2 is 2.54 bits per heavy atom. The van der Waals surface area contributed by atoms with Crippen LogP contribution >= 0.6 is 0 Å². The summed E-state index contributed by atoms with van der Waals surface area (Å²) in [6.45, 7) is 1.39. The van der Waals surface area contributed by atoms with Gasteiger partial charge in [-0.2, -0.15) is 0 Å². The van der Waals surface area contributed by atoms with Gasteiger partial charge in [-0.1, -0.05) is 0 Å². The molecule has 2 N–H and O–H groups in total. The molecule has 0 aliphatic rings. The van der Waals surface area contributed by atoms with Gasteiger partial charge in [0, 0.05) is 20.1 Å². The minimum Gasteiger partial charge on any atom is -0.468 e. The first-order chi connectivity index (χ1) is 6.33. The second kappa shape index (κ2) is 5.75. The molecule has 74 valence electrons. The number of rotatable bonds is 6. The third-order valence-corrected chi connectivity index (χ3v) is 1.72. The summed E-state index contributed by atoms with van der Waals surface area (Å²) in [4.78, 5) is 0. The molecule has 0 amide bonds. The molecule has 1 atom stereocenters. The van der Waals surface area contributed by atoms with Gasteiger partial charge in [-0.05, 0) is 12.1 Å². The average molecular weight is 185 g/mol. The van der Waals surface area contributed by atoms with Crippen molar-refractivity contribution in [2.75, 3.05) is 13.7 Å². The lowest BCUT2D eigenvalue weighted by molar-refractivity contribution is -0.0774. The molecule has 1 rings (SSSR count). The fourth-order valence-corrected chi connectivity index (χ4v) is 0.968. The van der Waals surface area contributed by atoms with E-state index in [0.717, 1.165) is 5.76 Å². The van der Waals surface area contributed by atoms with Crippen LogP contribution in [0.2, 0.25) is 0 Å². The van der Waals surface area contributed by atoms with Crippen LogP contribution in [-0.2, 0) is 11.3 Å². The summed E-state index contributed by atoms with van der Waals surface area (Å²) >= 11 is 0. The highest BCUT2D eigenvalue weighted by Crippen LogP contribution is 1.98. The quantitative estimate of drug-likeness (QED) is 0.506. The van der Waals surface area contributed by atoms with E-state index in [1.807, 2.05) is 12.1 Å². The van der Waals surface area contributed by atoms with E-state index >= 15 is 0 Å². The normalized spacial score (nSPS) is 13.1. The molecule has 0 fully saturated rings. The van der Waals surface area contributed by atoms with Crippen LogP contribution < -0.4 is 5.32 Å². The zero-order chi connectivity index (χ0) is 9.52. The molecule has 13 heavy (non-hydrogen) atoms. The van der Waals surface area contributed by atoms with Crippen molar-refractivity contribution in [1.29, 1.82) is 0 Å². The Kier molecular flexibility index (Phi) is 4.53. The second-order valence-corrected chi connectivity index (χ2v) is 2.74. The molecule has 0 aliphatic heterocycles. The summed E-state index contributed by atoms with van der Waals surface area (Å²) in [5.74, 6) is 0.895. The Labute approximate surface area is 77.5 Å². The second-order valence-electron chi connectivity index (χ2n) is 2.74. The van der Waals surface area contributed by atoms with Crippen LogP contribution in [0.3, 0.4) is 0 Å². The summed E-state index contributed by atoms with van der Waals surface area (Å²) in [5.41, 5.74) is 0. The Morgan fingerprint density at radius 1 is 1.69 bits per heavy atom. The van der Waals surface area contributed by atoms with Gasteiger partial charge in [0.1, 0.15) is 5.76 Å². The van der Waals surface area contributed by atoms with E-state index in [9.17, 15) is 0 Å². The first kappa shape index (κ1) is 10.2. The van der Waals surface area contributed by atoms with Gasteiger partial charge in [-0.25, -0.2) is 0 Å². The van der Waals surface area contributed by atoms with Crippen molar-refractivity contribution >= 4 is 0 Å². The predicted molar refractivity (Wildman–Crippen MR) is 48.0 cm³/mol. The third kappa shape index (κ3) is 4.07. The van der Waals surface area contributed by atoms with Gasteiger partial charge in [-0.3, -0.25) is 0 Å². The summed E-state index contributed by atoms with van der Waals surface area (Å²) in [6, 6.07) is 3.75. The van der Waals surface area contributed by atoms with Crippen molar-refractivity contribution in [3.05, 3.63) is 24.2 Å². The maximum Gasteiger partial charge on any atom is 0.155 e. The van der Waals surface area contributed by atoms with Crippen LogP contribution in [0.25, 0.3) is 0 Å². The maximum absolute atomic E-state index is 9.03. The van der Waals surface area contributed by atoms with E-state index in [1.165, 1.54) is 7.11 Å². The SMILES string of the molecule is COC(O)CCNCc1ccco1. The van der Waals surface area contributed by atoms with Gasteiger partial charge in [0.2, 0.25) is 0 Å². The van der Waals surface area contributed by atoms with Gasteiger partial charge in [0.05, 0.1) is 12.8 Å². The van der Waals surface area contributed by atoms with E-state index in [-0.39, 0.29) is 0 Å². The number of nitrogens with one attached hydrogen (secondary N) is 1. The number of methoxy groups -OCH3 is 1. The lowest BCUT2D eigenvalue weighted by Gasteiger charge is -2.07. The van der Waals surface area contributed by atoms with Crippen LogP contribution in [0.5, 0.6) is 0 Å². The minimum absolute atomic E-state index is 0.581. The smallest absolute Gasteiger partial charge is 0.155 e. The van der Waals surface area contributed by atoms with E-state index in [4.69, 9.17) is 9.52 Å². The molecular weight excluding hydrogens is 170 g/mol. The number of hydrogen-bond donors (Lipinski definition) is 2. The monoisotopic (exact) mass is 185 g/mol. The Bertz CT molecular complexity index is 211. The lowest BCUT2D eigenvalue weighted by atomic mass is 10.4. The summed E-state index contributed by atoms with van der Waals surface area (Å²) in [6.07, 6.45) is 1.54. The molecule has 0 saturated heterocycles. The molecule has 4 nitrogen and oxygen atoms in total. The number of aliphatic hydroxyl groups is 1. The summed E-state index contributed by atoms with van der Waals surface area (Å²) in [5, 5.41) is 12.1. The zero-order valence-corrected chi connectivity index (χ0v) is 7.69. The highest BCUT2D eigenvalue weighted by molar-refractivity contribution is 4.97. The summed E-state index contributed by atoms with van der Waals surface area (Å²) < 4.78 is 9.79. The van der Waals surface area contributed by atoms with Crippen molar-refractivity contribution in [1.82, 2.24) is 5.32 Å². The Morgan fingerprint density at radius 3 is 3.15 bits per heavy atom. The molecule has 1 heterocycles. The van der Waals surface area contributed by atoms with Crippen molar-refractivity contribution in [2.24, 2.45) is 0 Å². The third-order valence-electron chi connectivity index (χ3n) is 1.72. The summed E-state index contributed by atoms with van der Waals surface area (Å²) in [7, 11) is 1.48. The molecule has 0 saturated carbocycles. The van der Waals surface area contributed by atoms with E-state index in [2.05, 4.69) is 10.1 Å². The molecule has 1 aromatic heterocycles. The van der Waals surface area contributed by atoms with Crippen LogP contribution in [0.4, 0.5) is 0 Å². The Hall–Kier alpha value is -0.840. The lowest BCUT2D eigenvalue weighted by Crippen LogP contribution is -2.20. The molecule has 1 aromatic rings. The first-order valence-electron chi connectivity index (χ1n) is 4.27. The molecule has 4 heteroatoms. The number of aliphatic hydroxyl groups excluding tert-OH is 1. The fourth-order valence-electron chi connectivity index (χ4n) is 0.968. The van der Waals surface area contributed by atoms with Gasteiger partial charge >= 0.3 is 0 Å². The van der Waals surface area contributed by atoms with Crippen molar-refractivity contribution < 1.29 is 14.3 Å². The van der Waals surface area contributed by atoms with E-state index in [1.54, 1.807) is 6.26 Å². The maximum atomic E-state index is 9.03. The first-order valence-corrected chi connectivity index (χ1v) is 4.27. The highest BCUT2D eigenvalue weighted by Gasteiger charge is 2.00. The van der Waals surface area contributed by atoms with E-state index < -0.39 is 6.29 Å². The van der Waals surface area contributed by atoms with E-state index in [0.29, 0.717) is 19.5 Å². The molecule has 0 aromatic carbocycles. The van der Waals surface area contributed by atoms with Gasteiger partial charge in [0.15, 0.2) is 6.29 Å². The Balaban J connectivity index is 2.02. The fraction of sp³-hybridized carbons (Fsp3) is 0.556. The molecular formula is C9H15NO3. The van der Waals surface area contributed by atoms with Crippen molar-refractivity contribution in [2.45, 2.75) is 19.3 Å². The number of furan rings is 1. The van der Waals surface area contributed by atoms with Crippen LogP contribution in [-0.4, -0.2) is 25.1 Å². The van der Waals surface area contributed by atoms with Gasteiger partial charge in [-0.15, -0.1) is 0 Å². The van der Waals surface area contributed by atoms with Crippen LogP contribution in [0.15, 0.2) is 22.8 Å². The molecule has 0 spiro atoms. The van der Waals surface area contributed by atoms with Crippen molar-refractivity contribution in [3.8, 4) is 0 Å². The molecule has 0 aliphatic carbocycles. The predicted octanol–water partition coefficient (Wildman–Crippen LogP) is 0.724. The minimum atomic E-state index is -0.677. The number of ether oxygens (including phenoxy) is 1. The standard InChI is InChI=1S/C9H15NO3/c1-12-9(11)4-5-10-7-8-3-2-6-13-8/h2-3,6,9-11H,4-5,7H2,1H3.